The molecule has 0 aliphatic carbocycles. The highest BCUT2D eigenvalue weighted by Crippen LogP contribution is 2.19. The number of ether oxygens (including phenoxy) is 1. The minimum atomic E-state index is 0.290. The van der Waals surface area contributed by atoms with Crippen LogP contribution in [0.5, 0.6) is 5.88 Å². The van der Waals surface area contributed by atoms with Crippen LogP contribution < -0.4 is 4.74 Å². The Balaban J connectivity index is 1.84. The fraction of sp³-hybridized carbons (Fsp3) is 0.615. The molecule has 1 fully saturated rings. The maximum Gasteiger partial charge on any atom is 0.213 e. The van der Waals surface area contributed by atoms with Crippen LogP contribution in [-0.2, 0) is 0 Å². The number of hydrogen-bond acceptors (Lipinski definition) is 3. The molecule has 1 aromatic rings. The summed E-state index contributed by atoms with van der Waals surface area (Å²) in [6.07, 6.45) is 4.06. The molecule has 1 aliphatic heterocycles. The fourth-order valence-corrected chi connectivity index (χ4v) is 2.22. The summed E-state index contributed by atoms with van der Waals surface area (Å²) in [5.74, 6) is 0.678. The fourth-order valence-electron chi connectivity index (χ4n) is 2.11. The van der Waals surface area contributed by atoms with Crippen LogP contribution in [0.15, 0.2) is 18.3 Å². The number of halogens is 1. The molecule has 0 amide bonds. The minimum Gasteiger partial charge on any atom is -0.474 e. The molecule has 17 heavy (non-hydrogen) atoms. The van der Waals surface area contributed by atoms with E-state index in [1.54, 1.807) is 6.20 Å². The van der Waals surface area contributed by atoms with E-state index in [4.69, 9.17) is 16.3 Å². The molecule has 2 heterocycles. The first-order chi connectivity index (χ1) is 8.15. The number of hydrogen-bond donors (Lipinski definition) is 0. The smallest absolute Gasteiger partial charge is 0.213 e. The van der Waals surface area contributed by atoms with Crippen LogP contribution in [0, 0.1) is 0 Å². The molecule has 4 heteroatoms. The molecule has 0 atom stereocenters. The summed E-state index contributed by atoms with van der Waals surface area (Å²) in [6.45, 7) is 6.69. The van der Waals surface area contributed by atoms with Crippen LogP contribution in [-0.4, -0.2) is 35.1 Å². The first-order valence-electron chi connectivity index (χ1n) is 6.17. The van der Waals surface area contributed by atoms with E-state index in [0.29, 0.717) is 23.0 Å². The van der Waals surface area contributed by atoms with Crippen molar-refractivity contribution in [2.75, 3.05) is 13.1 Å². The zero-order chi connectivity index (χ0) is 12.3. The monoisotopic (exact) mass is 254 g/mol. The van der Waals surface area contributed by atoms with Gasteiger partial charge in [-0.05, 0) is 32.8 Å². The van der Waals surface area contributed by atoms with Gasteiger partial charge in [-0.3, -0.25) is 0 Å². The summed E-state index contributed by atoms with van der Waals surface area (Å²) in [6, 6.07) is 4.27. The van der Waals surface area contributed by atoms with E-state index >= 15 is 0 Å². The third kappa shape index (κ3) is 3.58. The molecule has 0 N–H and O–H groups in total. The van der Waals surface area contributed by atoms with Crippen LogP contribution in [0.25, 0.3) is 0 Å². The maximum absolute atomic E-state index is 5.84. The maximum atomic E-state index is 5.84. The Bertz CT molecular complexity index is 345. The first-order valence-corrected chi connectivity index (χ1v) is 6.55. The van der Waals surface area contributed by atoms with Gasteiger partial charge in [0.2, 0.25) is 5.88 Å². The normalized spacial score (nSPS) is 18.6. The van der Waals surface area contributed by atoms with E-state index in [0.717, 1.165) is 25.9 Å². The van der Waals surface area contributed by atoms with Gasteiger partial charge in [0.05, 0.1) is 5.02 Å². The quantitative estimate of drug-likeness (QED) is 0.829. The summed E-state index contributed by atoms with van der Waals surface area (Å²) in [4.78, 5) is 6.64. The lowest BCUT2D eigenvalue weighted by Gasteiger charge is -2.34. The molecular weight excluding hydrogens is 236 g/mol. The van der Waals surface area contributed by atoms with Crippen molar-refractivity contribution in [1.29, 1.82) is 0 Å². The Kier molecular flexibility index (Phi) is 4.24. The van der Waals surface area contributed by atoms with Gasteiger partial charge in [-0.1, -0.05) is 11.6 Å². The molecule has 0 spiro atoms. The van der Waals surface area contributed by atoms with Crippen molar-refractivity contribution < 1.29 is 4.74 Å². The second-order valence-corrected chi connectivity index (χ2v) is 5.20. The number of piperidine rings is 1. The van der Waals surface area contributed by atoms with E-state index < -0.39 is 0 Å². The van der Waals surface area contributed by atoms with Crippen molar-refractivity contribution in [3.8, 4) is 5.88 Å². The Morgan fingerprint density at radius 1 is 1.35 bits per heavy atom. The van der Waals surface area contributed by atoms with Gasteiger partial charge < -0.3 is 9.64 Å². The average Bonchev–Trinajstić information content (AvgIpc) is 2.33. The average molecular weight is 255 g/mol. The summed E-state index contributed by atoms with van der Waals surface area (Å²) in [5.41, 5.74) is 0. The molecule has 0 radical (unpaired) electrons. The highest BCUT2D eigenvalue weighted by Gasteiger charge is 2.22. The molecule has 94 valence electrons. The summed E-state index contributed by atoms with van der Waals surface area (Å²) in [7, 11) is 0. The third-order valence-corrected chi connectivity index (χ3v) is 3.42. The zero-order valence-corrected chi connectivity index (χ0v) is 11.2. The third-order valence-electron chi connectivity index (χ3n) is 3.19. The highest BCUT2D eigenvalue weighted by atomic mass is 35.5. The summed E-state index contributed by atoms with van der Waals surface area (Å²) >= 11 is 5.78. The number of nitrogens with zero attached hydrogens (tertiary/aromatic N) is 2. The van der Waals surface area contributed by atoms with Crippen LogP contribution in [0.1, 0.15) is 26.7 Å². The number of rotatable bonds is 3. The minimum absolute atomic E-state index is 0.290. The second-order valence-electron chi connectivity index (χ2n) is 4.76. The molecular formula is C13H19ClN2O. The Morgan fingerprint density at radius 3 is 2.59 bits per heavy atom. The van der Waals surface area contributed by atoms with Gasteiger partial charge in [-0.25, -0.2) is 4.98 Å². The standard InChI is InChI=1S/C13H19ClN2O/c1-10(2)16-7-5-12(6-8-16)17-13-4-3-11(14)9-15-13/h3-4,9-10,12H,5-8H2,1-2H3. The molecule has 0 unspecified atom stereocenters. The molecule has 0 saturated carbocycles. The van der Waals surface area contributed by atoms with E-state index in [1.807, 2.05) is 12.1 Å². The molecule has 1 saturated heterocycles. The van der Waals surface area contributed by atoms with Gasteiger partial charge in [-0.2, -0.15) is 0 Å². The van der Waals surface area contributed by atoms with Gasteiger partial charge in [0.25, 0.3) is 0 Å². The topological polar surface area (TPSA) is 25.4 Å². The van der Waals surface area contributed by atoms with Crippen LogP contribution in [0.4, 0.5) is 0 Å². The molecule has 2 rings (SSSR count). The van der Waals surface area contributed by atoms with Crippen molar-refractivity contribution in [2.45, 2.75) is 38.8 Å². The van der Waals surface area contributed by atoms with E-state index in [2.05, 4.69) is 23.7 Å². The van der Waals surface area contributed by atoms with E-state index in [9.17, 15) is 0 Å². The summed E-state index contributed by atoms with van der Waals surface area (Å²) < 4.78 is 5.84. The summed E-state index contributed by atoms with van der Waals surface area (Å²) in [5, 5.41) is 0.645. The predicted octanol–water partition coefficient (Wildman–Crippen LogP) is 2.99. The largest absolute Gasteiger partial charge is 0.474 e. The van der Waals surface area contributed by atoms with Crippen molar-refractivity contribution in [3.05, 3.63) is 23.4 Å². The van der Waals surface area contributed by atoms with Crippen molar-refractivity contribution in [1.82, 2.24) is 9.88 Å². The molecule has 1 aliphatic rings. The zero-order valence-electron chi connectivity index (χ0n) is 10.4. The lowest BCUT2D eigenvalue weighted by Crippen LogP contribution is -2.41. The van der Waals surface area contributed by atoms with E-state index in [-0.39, 0.29) is 0 Å². The van der Waals surface area contributed by atoms with Gasteiger partial charge >= 0.3 is 0 Å². The number of pyridine rings is 1. The molecule has 3 nitrogen and oxygen atoms in total. The van der Waals surface area contributed by atoms with E-state index in [1.165, 1.54) is 0 Å². The lowest BCUT2D eigenvalue weighted by molar-refractivity contribution is 0.0813. The SMILES string of the molecule is CC(C)N1CCC(Oc2ccc(Cl)cn2)CC1. The Labute approximate surface area is 108 Å². The van der Waals surface area contributed by atoms with Gasteiger partial charge in [-0.15, -0.1) is 0 Å². The molecule has 0 aromatic carbocycles. The first kappa shape index (κ1) is 12.7. The molecule has 1 aromatic heterocycles. The van der Waals surface area contributed by atoms with Crippen molar-refractivity contribution in [3.63, 3.8) is 0 Å². The number of aromatic nitrogens is 1. The van der Waals surface area contributed by atoms with Crippen LogP contribution in [0.3, 0.4) is 0 Å². The lowest BCUT2D eigenvalue weighted by atomic mass is 10.1. The Hall–Kier alpha value is -0.800. The van der Waals surface area contributed by atoms with Crippen LogP contribution in [0.2, 0.25) is 5.02 Å². The van der Waals surface area contributed by atoms with Crippen molar-refractivity contribution >= 4 is 11.6 Å². The van der Waals surface area contributed by atoms with Gasteiger partial charge in [0.15, 0.2) is 0 Å². The Morgan fingerprint density at radius 2 is 2.06 bits per heavy atom. The highest BCUT2D eigenvalue weighted by molar-refractivity contribution is 6.30. The number of likely N-dealkylation sites (tertiary alicyclic amines) is 1. The predicted molar refractivity (Wildman–Crippen MR) is 69.6 cm³/mol. The second kappa shape index (κ2) is 5.69. The van der Waals surface area contributed by atoms with Crippen LogP contribution >= 0.6 is 11.6 Å². The molecule has 0 bridgehead atoms. The van der Waals surface area contributed by atoms with Gasteiger partial charge in [0.1, 0.15) is 6.10 Å². The van der Waals surface area contributed by atoms with Crippen molar-refractivity contribution in [2.24, 2.45) is 0 Å². The van der Waals surface area contributed by atoms with Gasteiger partial charge in [0, 0.05) is 31.4 Å².